The SMILES string of the molecule is CC1CCC(C)CC1.Cc1ccc(-c2ccc(C)cc2)cc1.Cc1ccc(C)cc1.Cc1ccc(OC(=O)c2ccc(C)cc2)cc1.Cc1ccc(OCOc2ccc(C)cc2)cc1. The Morgan fingerprint density at radius 3 is 0.891 bits per heavy atom. The summed E-state index contributed by atoms with van der Waals surface area (Å²) in [5.41, 5.74) is 13.1. The number of rotatable bonds is 7. The Labute approximate surface area is 385 Å². The molecule has 0 bridgehead atoms. The number of benzene rings is 7. The van der Waals surface area contributed by atoms with E-state index >= 15 is 0 Å². The van der Waals surface area contributed by atoms with Gasteiger partial charge in [0.2, 0.25) is 6.79 Å². The maximum absolute atomic E-state index is 11.8. The molecule has 0 unspecified atom stereocenters. The van der Waals surface area contributed by atoms with Crippen molar-refractivity contribution >= 4 is 5.97 Å². The molecule has 0 aromatic heterocycles. The molecule has 1 fully saturated rings. The van der Waals surface area contributed by atoms with Crippen LogP contribution >= 0.6 is 0 Å². The van der Waals surface area contributed by atoms with Gasteiger partial charge in [-0.1, -0.05) is 205 Å². The van der Waals surface area contributed by atoms with E-state index in [1.54, 1.807) is 24.3 Å². The third kappa shape index (κ3) is 19.8. The molecule has 4 nitrogen and oxygen atoms in total. The maximum atomic E-state index is 11.8. The summed E-state index contributed by atoms with van der Waals surface area (Å²) in [4.78, 5) is 11.8. The summed E-state index contributed by atoms with van der Waals surface area (Å²) in [6, 6.07) is 56.3. The molecule has 64 heavy (non-hydrogen) atoms. The van der Waals surface area contributed by atoms with Crippen molar-refractivity contribution in [3.8, 4) is 28.4 Å². The van der Waals surface area contributed by atoms with Crippen LogP contribution in [0.15, 0.2) is 170 Å². The van der Waals surface area contributed by atoms with Crippen molar-refractivity contribution in [3.63, 3.8) is 0 Å². The van der Waals surface area contributed by atoms with Crippen molar-refractivity contribution in [1.82, 2.24) is 0 Å². The summed E-state index contributed by atoms with van der Waals surface area (Å²) in [7, 11) is 0. The zero-order chi connectivity index (χ0) is 46.3. The summed E-state index contributed by atoms with van der Waals surface area (Å²) >= 11 is 0. The average Bonchev–Trinajstić information content (AvgIpc) is 3.29. The summed E-state index contributed by atoms with van der Waals surface area (Å²) in [5, 5.41) is 0. The Kier molecular flexibility index (Phi) is 21.2. The Balaban J connectivity index is 0.000000181. The van der Waals surface area contributed by atoms with Crippen molar-refractivity contribution in [2.45, 2.75) is 94.9 Å². The zero-order valence-corrected chi connectivity index (χ0v) is 40.0. The third-order valence-electron chi connectivity index (χ3n) is 11.0. The highest BCUT2D eigenvalue weighted by Crippen LogP contribution is 2.27. The van der Waals surface area contributed by atoms with Crippen molar-refractivity contribution in [2.24, 2.45) is 11.8 Å². The van der Waals surface area contributed by atoms with Crippen molar-refractivity contribution in [2.75, 3.05) is 6.79 Å². The predicted molar refractivity (Wildman–Crippen MR) is 270 cm³/mol. The van der Waals surface area contributed by atoms with Crippen LogP contribution < -0.4 is 14.2 Å². The van der Waals surface area contributed by atoms with E-state index in [1.807, 2.05) is 100 Å². The van der Waals surface area contributed by atoms with Crippen LogP contribution in [0.5, 0.6) is 17.2 Å². The van der Waals surface area contributed by atoms with Crippen LogP contribution in [0.2, 0.25) is 0 Å². The molecule has 7 aromatic rings. The second-order valence-corrected chi connectivity index (χ2v) is 17.4. The van der Waals surface area contributed by atoms with Gasteiger partial charge in [-0.3, -0.25) is 0 Å². The lowest BCUT2D eigenvalue weighted by Gasteiger charge is -2.22. The van der Waals surface area contributed by atoms with Gasteiger partial charge in [0.1, 0.15) is 17.2 Å². The van der Waals surface area contributed by atoms with Crippen LogP contribution in [0.3, 0.4) is 0 Å². The first-order valence-electron chi connectivity index (χ1n) is 22.6. The topological polar surface area (TPSA) is 44.8 Å². The van der Waals surface area contributed by atoms with Gasteiger partial charge in [-0.2, -0.15) is 0 Å². The number of hydrogen-bond acceptors (Lipinski definition) is 4. The molecule has 1 aliphatic carbocycles. The fourth-order valence-corrected chi connectivity index (χ4v) is 6.45. The van der Waals surface area contributed by atoms with Crippen LogP contribution in [-0.4, -0.2) is 12.8 Å². The van der Waals surface area contributed by atoms with Gasteiger partial charge in [0.15, 0.2) is 0 Å². The smallest absolute Gasteiger partial charge is 0.343 e. The van der Waals surface area contributed by atoms with Crippen molar-refractivity contribution in [1.29, 1.82) is 0 Å². The normalized spacial score (nSPS) is 13.7. The molecule has 334 valence electrons. The first kappa shape index (κ1) is 50.3. The number of carbonyl (C=O) groups excluding carboxylic acids is 1. The molecule has 0 amide bonds. The molecule has 0 atom stereocenters. The van der Waals surface area contributed by atoms with Crippen LogP contribution in [0.25, 0.3) is 11.1 Å². The second kappa shape index (κ2) is 26.9. The monoisotopic (exact) mass is 855 g/mol. The first-order valence-corrected chi connectivity index (χ1v) is 22.6. The van der Waals surface area contributed by atoms with Crippen LogP contribution in [0.4, 0.5) is 0 Å². The van der Waals surface area contributed by atoms with Crippen LogP contribution in [-0.2, 0) is 0 Å². The fraction of sp³-hybridized carbons (Fsp3) is 0.283. The summed E-state index contributed by atoms with van der Waals surface area (Å²) in [5.74, 6) is 3.93. The highest BCUT2D eigenvalue weighted by Gasteiger charge is 2.13. The van der Waals surface area contributed by atoms with Gasteiger partial charge in [0, 0.05) is 0 Å². The molecule has 0 heterocycles. The highest BCUT2D eigenvalue weighted by molar-refractivity contribution is 5.91. The third-order valence-corrected chi connectivity index (χ3v) is 11.0. The van der Waals surface area contributed by atoms with Gasteiger partial charge in [-0.05, 0) is 127 Å². The standard InChI is InChI=1S/C15H16O2.C15H14O2.C14H14.C8H16.C8H10/c1-12-3-7-14(8-4-12)16-11-17-15-9-5-13(2)6-10-15;1-11-3-7-13(8-4-11)15(16)17-14-9-5-12(2)6-10-14;1-11-3-7-13(8-4-11)14-9-5-12(2)6-10-14;2*1-7-3-5-8(2)6-4-7/h3-10H,11H2,1-2H3;3-10H,1-2H3;3-10H,1-2H3;7-8H,3-6H2,1-2H3;3-6H,1-2H3. The molecule has 7 aromatic carbocycles. The van der Waals surface area contributed by atoms with Crippen LogP contribution in [0.1, 0.15) is 94.4 Å². The molecule has 1 saturated carbocycles. The van der Waals surface area contributed by atoms with Crippen LogP contribution in [0, 0.1) is 67.2 Å². The number of esters is 1. The molecule has 0 N–H and O–H groups in total. The number of carbonyl (C=O) groups is 1. The van der Waals surface area contributed by atoms with Gasteiger partial charge in [-0.15, -0.1) is 0 Å². The lowest BCUT2D eigenvalue weighted by molar-refractivity contribution is 0.0734. The summed E-state index contributed by atoms with van der Waals surface area (Å²) < 4.78 is 16.2. The van der Waals surface area contributed by atoms with E-state index in [1.165, 1.54) is 70.2 Å². The summed E-state index contributed by atoms with van der Waals surface area (Å²) in [6.07, 6.45) is 5.89. The van der Waals surface area contributed by atoms with E-state index in [0.717, 1.165) is 34.5 Å². The Hall–Kier alpha value is -6.39. The Bertz CT molecular complexity index is 2220. The van der Waals surface area contributed by atoms with E-state index in [0.29, 0.717) is 11.3 Å². The predicted octanol–water partition coefficient (Wildman–Crippen LogP) is 16.3. The molecule has 0 spiro atoms. The van der Waals surface area contributed by atoms with E-state index in [-0.39, 0.29) is 12.8 Å². The number of aryl methyl sites for hydroxylation is 8. The Morgan fingerprint density at radius 1 is 0.359 bits per heavy atom. The molecular formula is C60H70O4. The summed E-state index contributed by atoms with van der Waals surface area (Å²) in [6.45, 7) is 21.4. The molecular weight excluding hydrogens is 785 g/mol. The van der Waals surface area contributed by atoms with Gasteiger partial charge < -0.3 is 14.2 Å². The fourth-order valence-electron chi connectivity index (χ4n) is 6.45. The van der Waals surface area contributed by atoms with Crippen molar-refractivity contribution < 1.29 is 19.0 Å². The second-order valence-electron chi connectivity index (χ2n) is 17.4. The molecule has 1 aliphatic rings. The van der Waals surface area contributed by atoms with Gasteiger partial charge in [-0.25, -0.2) is 4.79 Å². The average molecular weight is 855 g/mol. The molecule has 0 aliphatic heterocycles. The minimum absolute atomic E-state index is 0.228. The van der Waals surface area contributed by atoms with E-state index in [2.05, 4.69) is 114 Å². The quantitative estimate of drug-likeness (QED) is 0.0910. The molecule has 8 rings (SSSR count). The van der Waals surface area contributed by atoms with E-state index in [9.17, 15) is 4.79 Å². The van der Waals surface area contributed by atoms with E-state index in [4.69, 9.17) is 14.2 Å². The van der Waals surface area contributed by atoms with Crippen molar-refractivity contribution in [3.05, 3.63) is 220 Å². The lowest BCUT2D eigenvalue weighted by Crippen LogP contribution is -2.08. The molecule has 0 radical (unpaired) electrons. The minimum atomic E-state index is -0.325. The van der Waals surface area contributed by atoms with Gasteiger partial charge in [0.25, 0.3) is 0 Å². The first-order chi connectivity index (χ1) is 30.7. The number of hydrogen-bond donors (Lipinski definition) is 0. The van der Waals surface area contributed by atoms with Gasteiger partial charge in [0.05, 0.1) is 5.56 Å². The van der Waals surface area contributed by atoms with Gasteiger partial charge >= 0.3 is 5.97 Å². The Morgan fingerprint density at radius 2 is 0.594 bits per heavy atom. The molecule has 4 heteroatoms. The maximum Gasteiger partial charge on any atom is 0.343 e. The highest BCUT2D eigenvalue weighted by atomic mass is 16.7. The number of ether oxygens (including phenoxy) is 3. The lowest BCUT2D eigenvalue weighted by atomic mass is 9.84. The van der Waals surface area contributed by atoms with E-state index < -0.39 is 0 Å². The minimum Gasteiger partial charge on any atom is -0.458 e. The molecule has 0 saturated heterocycles. The zero-order valence-electron chi connectivity index (χ0n) is 40.0. The largest absolute Gasteiger partial charge is 0.458 e.